The van der Waals surface area contributed by atoms with Crippen LogP contribution in [0.1, 0.15) is 54.0 Å². The van der Waals surface area contributed by atoms with Crippen LogP contribution in [0.15, 0.2) is 6.07 Å². The second kappa shape index (κ2) is 4.58. The molecule has 0 amide bonds. The van der Waals surface area contributed by atoms with Gasteiger partial charge in [0.25, 0.3) is 0 Å². The van der Waals surface area contributed by atoms with Crippen LogP contribution in [0.4, 0.5) is 0 Å². The number of rotatable bonds is 5. The molecule has 4 nitrogen and oxygen atoms in total. The van der Waals surface area contributed by atoms with Gasteiger partial charge in [-0.2, -0.15) is 0 Å². The normalized spacial score (nSPS) is 18.6. The molecule has 2 aromatic rings. The van der Waals surface area contributed by atoms with Crippen LogP contribution in [-0.4, -0.2) is 22.1 Å². The minimum Gasteiger partial charge on any atom is -0.461 e. The van der Waals surface area contributed by atoms with Crippen molar-refractivity contribution in [2.24, 2.45) is 5.92 Å². The fraction of sp³-hybridized carbons (Fsp3) is 0.600. The fourth-order valence-electron chi connectivity index (χ4n) is 2.57. The Morgan fingerprint density at radius 1 is 1.45 bits per heavy atom. The predicted octanol–water partition coefficient (Wildman–Crippen LogP) is 3.56. The Balaban J connectivity index is 1.76. The van der Waals surface area contributed by atoms with E-state index in [9.17, 15) is 4.79 Å². The molecule has 2 heterocycles. The molecule has 0 radical (unpaired) electrons. The molecule has 20 heavy (non-hydrogen) atoms. The number of thiazole rings is 1. The maximum absolute atomic E-state index is 12.1. The van der Waals surface area contributed by atoms with Crippen LogP contribution >= 0.6 is 11.3 Å². The Morgan fingerprint density at radius 2 is 2.25 bits per heavy atom. The number of ether oxygens (including phenoxy) is 1. The first-order valence-corrected chi connectivity index (χ1v) is 8.25. The second-order valence-corrected chi connectivity index (χ2v) is 6.88. The maximum Gasteiger partial charge on any atom is 0.355 e. The minimum absolute atomic E-state index is 0.216. The van der Waals surface area contributed by atoms with Crippen molar-refractivity contribution >= 4 is 27.7 Å². The molecule has 0 unspecified atom stereocenters. The van der Waals surface area contributed by atoms with Gasteiger partial charge in [0.1, 0.15) is 5.69 Å². The smallest absolute Gasteiger partial charge is 0.355 e. The van der Waals surface area contributed by atoms with Gasteiger partial charge in [0.15, 0.2) is 5.65 Å². The molecular formula is C15H18N2O2S. The second-order valence-electron chi connectivity index (χ2n) is 5.82. The van der Waals surface area contributed by atoms with Crippen molar-refractivity contribution in [1.29, 1.82) is 0 Å². The van der Waals surface area contributed by atoms with Crippen molar-refractivity contribution in [2.75, 3.05) is 6.61 Å². The van der Waals surface area contributed by atoms with Crippen molar-refractivity contribution in [3.05, 3.63) is 16.8 Å². The van der Waals surface area contributed by atoms with E-state index in [4.69, 9.17) is 9.72 Å². The van der Waals surface area contributed by atoms with Crippen LogP contribution in [-0.2, 0) is 11.3 Å². The lowest BCUT2D eigenvalue weighted by atomic mass is 10.4. The van der Waals surface area contributed by atoms with Gasteiger partial charge >= 0.3 is 5.97 Å². The van der Waals surface area contributed by atoms with E-state index in [1.54, 1.807) is 11.3 Å². The highest BCUT2D eigenvalue weighted by atomic mass is 32.1. The summed E-state index contributed by atoms with van der Waals surface area (Å²) in [6.07, 6.45) is 5.07. The number of fused-ring (bicyclic) bond motifs is 1. The van der Waals surface area contributed by atoms with E-state index in [0.717, 1.165) is 16.9 Å². The van der Waals surface area contributed by atoms with Crippen LogP contribution in [0.25, 0.3) is 10.3 Å². The standard InChI is InChI=1S/C15H18N2O2S/c1-2-19-15(18)11-7-12-13(17(11)8-9-3-4-9)16-14(20-12)10-5-6-10/h7,9-10H,2-6,8H2,1H3. The van der Waals surface area contributed by atoms with Crippen LogP contribution in [0.5, 0.6) is 0 Å². The topological polar surface area (TPSA) is 44.1 Å². The van der Waals surface area contributed by atoms with Crippen LogP contribution in [0.2, 0.25) is 0 Å². The van der Waals surface area contributed by atoms with Crippen molar-refractivity contribution in [2.45, 2.75) is 45.1 Å². The first-order valence-electron chi connectivity index (χ1n) is 7.43. The van der Waals surface area contributed by atoms with E-state index in [1.165, 1.54) is 30.7 Å². The molecule has 4 rings (SSSR count). The summed E-state index contributed by atoms with van der Waals surface area (Å²) in [5.74, 6) is 1.17. The fourth-order valence-corrected chi connectivity index (χ4v) is 3.74. The highest BCUT2D eigenvalue weighted by Crippen LogP contribution is 2.44. The lowest BCUT2D eigenvalue weighted by molar-refractivity contribution is 0.0514. The molecule has 2 fully saturated rings. The third-order valence-electron chi connectivity index (χ3n) is 4.01. The number of aromatic nitrogens is 2. The zero-order valence-corrected chi connectivity index (χ0v) is 12.4. The highest BCUT2D eigenvalue weighted by Gasteiger charge is 2.30. The van der Waals surface area contributed by atoms with Crippen molar-refractivity contribution in [3.8, 4) is 0 Å². The summed E-state index contributed by atoms with van der Waals surface area (Å²) < 4.78 is 8.40. The molecule has 0 bridgehead atoms. The largest absolute Gasteiger partial charge is 0.461 e. The van der Waals surface area contributed by atoms with Crippen LogP contribution < -0.4 is 0 Å². The van der Waals surface area contributed by atoms with E-state index < -0.39 is 0 Å². The molecule has 0 spiro atoms. The van der Waals surface area contributed by atoms with Gasteiger partial charge in [-0.15, -0.1) is 11.3 Å². The van der Waals surface area contributed by atoms with Crippen LogP contribution in [0, 0.1) is 5.92 Å². The molecule has 0 saturated heterocycles. The van der Waals surface area contributed by atoms with Gasteiger partial charge in [-0.1, -0.05) is 0 Å². The number of nitrogens with zero attached hydrogens (tertiary/aromatic N) is 2. The van der Waals surface area contributed by atoms with Gasteiger partial charge < -0.3 is 9.30 Å². The summed E-state index contributed by atoms with van der Waals surface area (Å²) in [5, 5.41) is 1.25. The predicted molar refractivity (Wildman–Crippen MR) is 78.3 cm³/mol. The molecule has 2 saturated carbocycles. The van der Waals surface area contributed by atoms with Crippen LogP contribution in [0.3, 0.4) is 0 Å². The monoisotopic (exact) mass is 290 g/mol. The molecule has 2 aliphatic rings. The maximum atomic E-state index is 12.1. The zero-order chi connectivity index (χ0) is 13.7. The molecule has 0 atom stereocenters. The number of hydrogen-bond acceptors (Lipinski definition) is 4. The molecule has 2 aliphatic carbocycles. The average molecular weight is 290 g/mol. The third kappa shape index (κ3) is 2.14. The average Bonchev–Trinajstić information content (AvgIpc) is 3.33. The van der Waals surface area contributed by atoms with Gasteiger partial charge in [-0.3, -0.25) is 0 Å². The molecule has 0 aliphatic heterocycles. The Kier molecular flexibility index (Phi) is 2.84. The number of carbonyl (C=O) groups excluding carboxylic acids is 1. The molecule has 2 aromatic heterocycles. The quantitative estimate of drug-likeness (QED) is 0.791. The molecule has 0 N–H and O–H groups in total. The van der Waals surface area contributed by atoms with E-state index in [-0.39, 0.29) is 5.97 Å². The van der Waals surface area contributed by atoms with E-state index in [0.29, 0.717) is 24.1 Å². The van der Waals surface area contributed by atoms with Gasteiger partial charge in [0, 0.05) is 12.5 Å². The SMILES string of the molecule is CCOC(=O)c1cc2sc(C3CC3)nc2n1CC1CC1. The van der Waals surface area contributed by atoms with E-state index >= 15 is 0 Å². The van der Waals surface area contributed by atoms with Crippen molar-refractivity contribution < 1.29 is 9.53 Å². The Bertz CT molecular complexity index is 665. The number of hydrogen-bond donors (Lipinski definition) is 0. The summed E-state index contributed by atoms with van der Waals surface area (Å²) in [5.41, 5.74) is 1.67. The lowest BCUT2D eigenvalue weighted by Gasteiger charge is -2.08. The number of esters is 1. The lowest BCUT2D eigenvalue weighted by Crippen LogP contribution is -2.13. The summed E-state index contributed by atoms with van der Waals surface area (Å²) in [6, 6.07) is 1.97. The highest BCUT2D eigenvalue weighted by molar-refractivity contribution is 7.18. The molecule has 0 aromatic carbocycles. The molecule has 106 valence electrons. The minimum atomic E-state index is -0.216. The van der Waals surface area contributed by atoms with E-state index in [2.05, 4.69) is 4.57 Å². The first kappa shape index (κ1) is 12.4. The molecular weight excluding hydrogens is 272 g/mol. The summed E-state index contributed by atoms with van der Waals surface area (Å²) in [4.78, 5) is 16.9. The summed E-state index contributed by atoms with van der Waals surface area (Å²) in [7, 11) is 0. The van der Waals surface area contributed by atoms with Gasteiger partial charge in [-0.25, -0.2) is 9.78 Å². The summed E-state index contributed by atoms with van der Waals surface area (Å²) >= 11 is 1.75. The van der Waals surface area contributed by atoms with Gasteiger partial charge in [0.2, 0.25) is 0 Å². The van der Waals surface area contributed by atoms with Crippen molar-refractivity contribution in [1.82, 2.24) is 9.55 Å². The third-order valence-corrected chi connectivity index (χ3v) is 5.17. The number of carbonyl (C=O) groups is 1. The van der Waals surface area contributed by atoms with Gasteiger partial charge in [-0.05, 0) is 44.6 Å². The first-order chi connectivity index (χ1) is 9.76. The summed E-state index contributed by atoms with van der Waals surface area (Å²) in [6.45, 7) is 3.17. The van der Waals surface area contributed by atoms with E-state index in [1.807, 2.05) is 13.0 Å². The Hall–Kier alpha value is -1.36. The molecule has 5 heteroatoms. The Labute approximate surface area is 121 Å². The van der Waals surface area contributed by atoms with Gasteiger partial charge in [0.05, 0.1) is 16.3 Å². The zero-order valence-electron chi connectivity index (χ0n) is 11.6. The Morgan fingerprint density at radius 3 is 2.90 bits per heavy atom. The van der Waals surface area contributed by atoms with Crippen molar-refractivity contribution in [3.63, 3.8) is 0 Å².